The number of hydrogen-bond acceptors (Lipinski definition) is 7. The Kier molecular flexibility index (Phi) is 7.50. The molecule has 0 heterocycles. The average molecular weight is 301 g/mol. The number of carboxylic acid groups (broad SMARTS) is 1. The number of nitro benzene ring substituents is 2. The Morgan fingerprint density at radius 1 is 1.14 bits per heavy atom. The smallest absolute Gasteiger partial charge is 0.336 e. The zero-order chi connectivity index (χ0) is 16.6. The largest absolute Gasteiger partial charge is 0.478 e. The van der Waals surface area contributed by atoms with Crippen LogP contribution in [0.15, 0.2) is 18.2 Å². The first-order valence-electron chi connectivity index (χ1n) is 5.61. The van der Waals surface area contributed by atoms with Crippen LogP contribution in [0.1, 0.15) is 10.4 Å². The van der Waals surface area contributed by atoms with Crippen LogP contribution in [0, 0.1) is 20.2 Å². The van der Waals surface area contributed by atoms with Crippen molar-refractivity contribution < 1.29 is 24.9 Å². The number of nitro groups is 2. The predicted octanol–water partition coefficient (Wildman–Crippen LogP) is 0.741. The predicted molar refractivity (Wildman–Crippen MR) is 72.3 cm³/mol. The van der Waals surface area contributed by atoms with E-state index in [-0.39, 0.29) is 6.61 Å². The van der Waals surface area contributed by atoms with Gasteiger partial charge in [-0.05, 0) is 14.1 Å². The van der Waals surface area contributed by atoms with E-state index in [2.05, 4.69) is 0 Å². The summed E-state index contributed by atoms with van der Waals surface area (Å²) in [6.45, 7) is 1.02. The van der Waals surface area contributed by atoms with Crippen LogP contribution in [-0.2, 0) is 0 Å². The molecule has 116 valence electrons. The second kappa shape index (κ2) is 8.55. The molecule has 0 saturated heterocycles. The maximum Gasteiger partial charge on any atom is 0.336 e. The highest BCUT2D eigenvalue weighted by Crippen LogP contribution is 2.22. The van der Waals surface area contributed by atoms with Crippen molar-refractivity contribution in [1.82, 2.24) is 4.90 Å². The van der Waals surface area contributed by atoms with Gasteiger partial charge >= 0.3 is 5.97 Å². The van der Waals surface area contributed by atoms with Crippen molar-refractivity contribution in [2.45, 2.75) is 0 Å². The monoisotopic (exact) mass is 301 g/mol. The fraction of sp³-hybridized carbons (Fsp3) is 0.364. The van der Waals surface area contributed by atoms with Gasteiger partial charge in [0.1, 0.15) is 0 Å². The molecule has 10 nitrogen and oxygen atoms in total. The molecule has 0 amide bonds. The molecule has 10 heteroatoms. The molecule has 2 N–H and O–H groups in total. The highest BCUT2D eigenvalue weighted by molar-refractivity contribution is 5.89. The maximum atomic E-state index is 10.5. The van der Waals surface area contributed by atoms with Crippen molar-refractivity contribution in [3.8, 4) is 0 Å². The van der Waals surface area contributed by atoms with Gasteiger partial charge in [0, 0.05) is 18.7 Å². The SMILES string of the molecule is CN(C)CCO.O=C(O)c1cc([N+](=O)[O-])cc([N+](=O)[O-])c1. The molecule has 0 aliphatic carbocycles. The van der Waals surface area contributed by atoms with Gasteiger partial charge in [-0.1, -0.05) is 0 Å². The van der Waals surface area contributed by atoms with Crippen molar-refractivity contribution in [2.24, 2.45) is 0 Å². The van der Waals surface area contributed by atoms with Crippen LogP contribution < -0.4 is 0 Å². The fourth-order valence-electron chi connectivity index (χ4n) is 1.13. The Hall–Kier alpha value is -2.59. The molecule has 0 unspecified atom stereocenters. The lowest BCUT2D eigenvalue weighted by molar-refractivity contribution is -0.394. The van der Waals surface area contributed by atoms with E-state index in [9.17, 15) is 25.0 Å². The molecule has 1 rings (SSSR count). The summed E-state index contributed by atoms with van der Waals surface area (Å²) in [6, 6.07) is 2.22. The highest BCUT2D eigenvalue weighted by Gasteiger charge is 2.19. The second-order valence-electron chi connectivity index (χ2n) is 4.08. The zero-order valence-electron chi connectivity index (χ0n) is 11.4. The Morgan fingerprint density at radius 3 is 1.76 bits per heavy atom. The summed E-state index contributed by atoms with van der Waals surface area (Å²) < 4.78 is 0. The summed E-state index contributed by atoms with van der Waals surface area (Å²) in [7, 11) is 3.85. The number of non-ortho nitro benzene ring substituents is 2. The third kappa shape index (κ3) is 6.94. The quantitative estimate of drug-likeness (QED) is 0.597. The van der Waals surface area contributed by atoms with E-state index in [1.165, 1.54) is 0 Å². The normalized spacial score (nSPS) is 9.71. The molecule has 0 aliphatic rings. The summed E-state index contributed by atoms with van der Waals surface area (Å²) in [5.41, 5.74) is -1.74. The molecule has 21 heavy (non-hydrogen) atoms. The Balaban J connectivity index is 0.000000567. The number of rotatable bonds is 5. The molecular weight excluding hydrogens is 286 g/mol. The van der Waals surface area contributed by atoms with Crippen molar-refractivity contribution in [2.75, 3.05) is 27.2 Å². The first-order valence-corrected chi connectivity index (χ1v) is 5.61. The Morgan fingerprint density at radius 2 is 1.57 bits per heavy atom. The van der Waals surface area contributed by atoms with Crippen molar-refractivity contribution in [3.05, 3.63) is 44.0 Å². The Labute approximate surface area is 119 Å². The van der Waals surface area contributed by atoms with Crippen molar-refractivity contribution in [1.29, 1.82) is 0 Å². The number of carboxylic acids is 1. The van der Waals surface area contributed by atoms with Crippen molar-refractivity contribution >= 4 is 17.3 Å². The van der Waals surface area contributed by atoms with Crippen LogP contribution in [-0.4, -0.2) is 58.2 Å². The van der Waals surface area contributed by atoms with E-state index >= 15 is 0 Å². The van der Waals surface area contributed by atoms with Crippen LogP contribution in [0.3, 0.4) is 0 Å². The van der Waals surface area contributed by atoms with Crippen LogP contribution in [0.4, 0.5) is 11.4 Å². The lowest BCUT2D eigenvalue weighted by Crippen LogP contribution is -2.15. The number of nitrogens with zero attached hydrogens (tertiary/aromatic N) is 3. The van der Waals surface area contributed by atoms with Gasteiger partial charge in [-0.25, -0.2) is 4.79 Å². The van der Waals surface area contributed by atoms with E-state index in [1.54, 1.807) is 0 Å². The van der Waals surface area contributed by atoms with Gasteiger partial charge in [-0.2, -0.15) is 0 Å². The van der Waals surface area contributed by atoms with Gasteiger partial charge in [0.25, 0.3) is 11.4 Å². The number of aliphatic hydroxyl groups excluding tert-OH is 1. The highest BCUT2D eigenvalue weighted by atomic mass is 16.6. The summed E-state index contributed by atoms with van der Waals surface area (Å²) >= 11 is 0. The standard InChI is InChI=1S/C7H4N2O6.C4H11NO/c10-7(11)4-1-5(8(12)13)3-6(2-4)9(14)15;1-5(2)3-4-6/h1-3H,(H,10,11);6H,3-4H2,1-2H3. The zero-order valence-corrected chi connectivity index (χ0v) is 11.4. The summed E-state index contributed by atoms with van der Waals surface area (Å²) in [5.74, 6) is -1.46. The van der Waals surface area contributed by atoms with Crippen molar-refractivity contribution in [3.63, 3.8) is 0 Å². The number of benzene rings is 1. The minimum atomic E-state index is -1.46. The fourth-order valence-corrected chi connectivity index (χ4v) is 1.13. The molecule has 0 atom stereocenters. The third-order valence-electron chi connectivity index (χ3n) is 2.12. The first kappa shape index (κ1) is 18.4. The van der Waals surface area contributed by atoms with E-state index in [1.807, 2.05) is 19.0 Å². The van der Waals surface area contributed by atoms with Crippen LogP contribution >= 0.6 is 0 Å². The van der Waals surface area contributed by atoms with E-state index in [0.717, 1.165) is 18.7 Å². The van der Waals surface area contributed by atoms with Gasteiger partial charge in [0.05, 0.1) is 28.1 Å². The molecular formula is C11H15N3O7. The summed E-state index contributed by atoms with van der Waals surface area (Å²) in [5, 5.41) is 37.4. The summed E-state index contributed by atoms with van der Waals surface area (Å²) in [4.78, 5) is 31.3. The van der Waals surface area contributed by atoms with Gasteiger partial charge in [0.2, 0.25) is 0 Å². The lowest BCUT2D eigenvalue weighted by Gasteiger charge is -2.03. The molecule has 1 aromatic carbocycles. The van der Waals surface area contributed by atoms with Crippen LogP contribution in [0.25, 0.3) is 0 Å². The Bertz CT molecular complexity index is 452. The van der Waals surface area contributed by atoms with Gasteiger partial charge in [0.15, 0.2) is 0 Å². The molecule has 0 saturated carbocycles. The van der Waals surface area contributed by atoms with Crippen LogP contribution in [0.5, 0.6) is 0 Å². The minimum absolute atomic E-state index is 0.257. The number of aromatic carboxylic acids is 1. The maximum absolute atomic E-state index is 10.5. The molecule has 1 aromatic rings. The molecule has 0 aromatic heterocycles. The lowest BCUT2D eigenvalue weighted by atomic mass is 10.2. The molecule has 0 aliphatic heterocycles. The molecule has 0 radical (unpaired) electrons. The number of likely N-dealkylation sites (N-methyl/N-ethyl adjacent to an activating group) is 1. The number of aliphatic hydroxyl groups is 1. The van der Waals surface area contributed by atoms with E-state index in [4.69, 9.17) is 10.2 Å². The van der Waals surface area contributed by atoms with Crippen LogP contribution in [0.2, 0.25) is 0 Å². The topological polar surface area (TPSA) is 147 Å². The average Bonchev–Trinajstić information content (AvgIpc) is 2.38. The van der Waals surface area contributed by atoms with Gasteiger partial charge < -0.3 is 15.1 Å². The minimum Gasteiger partial charge on any atom is -0.478 e. The molecule has 0 spiro atoms. The number of hydrogen-bond donors (Lipinski definition) is 2. The summed E-state index contributed by atoms with van der Waals surface area (Å²) in [6.07, 6.45) is 0. The number of carbonyl (C=O) groups is 1. The van der Waals surface area contributed by atoms with Gasteiger partial charge in [-0.15, -0.1) is 0 Å². The van der Waals surface area contributed by atoms with Gasteiger partial charge in [-0.3, -0.25) is 20.2 Å². The third-order valence-corrected chi connectivity index (χ3v) is 2.12. The first-order chi connectivity index (χ1) is 9.68. The second-order valence-corrected chi connectivity index (χ2v) is 4.08. The molecule has 0 bridgehead atoms. The molecule has 0 fully saturated rings. The van der Waals surface area contributed by atoms with E-state index < -0.39 is 32.8 Å². The van der Waals surface area contributed by atoms with E-state index in [0.29, 0.717) is 6.07 Å².